The van der Waals surface area contributed by atoms with Crippen molar-refractivity contribution in [3.63, 3.8) is 0 Å². The number of nitrogens with one attached hydrogen (secondary N) is 2. The minimum absolute atomic E-state index is 0.251. The van der Waals surface area contributed by atoms with E-state index >= 15 is 0 Å². The number of carbonyl (C=O) groups is 3. The van der Waals surface area contributed by atoms with Crippen molar-refractivity contribution in [1.29, 1.82) is 0 Å². The molecule has 2 amide bonds. The Labute approximate surface area is 245 Å². The normalized spacial score (nSPS) is 20.9. The van der Waals surface area contributed by atoms with Crippen molar-refractivity contribution in [3.05, 3.63) is 12.2 Å². The number of carbonyl (C=O) groups excluding carboxylic acids is 3. The smallest absolute Gasteiger partial charge is 0.434 e. The Morgan fingerprint density at radius 2 is 1.61 bits per heavy atom. The van der Waals surface area contributed by atoms with Gasteiger partial charge in [0.25, 0.3) is 5.91 Å². The van der Waals surface area contributed by atoms with E-state index in [9.17, 15) is 29.7 Å². The molecule has 6 atom stereocenters. The van der Waals surface area contributed by atoms with Crippen molar-refractivity contribution in [2.75, 3.05) is 13.7 Å². The topological polar surface area (TPSA) is 164 Å². The minimum Gasteiger partial charge on any atom is -0.434 e. The van der Waals surface area contributed by atoms with Crippen LogP contribution < -0.4 is 10.6 Å². The van der Waals surface area contributed by atoms with Crippen LogP contribution in [0, 0.1) is 5.41 Å². The highest BCUT2D eigenvalue weighted by atomic mass is 16.7. The Morgan fingerprint density at radius 3 is 2.20 bits per heavy atom. The van der Waals surface area contributed by atoms with E-state index in [4.69, 9.17) is 14.2 Å². The molecule has 0 aliphatic carbocycles. The highest BCUT2D eigenvalue weighted by molar-refractivity contribution is 5.90. The summed E-state index contributed by atoms with van der Waals surface area (Å²) in [4.78, 5) is 37.6. The lowest BCUT2D eigenvalue weighted by molar-refractivity contribution is -0.151. The standard InChI is InChI=1S/C30H54N2O9/c1-6-7-8-9-10-11-12-13-14-20-40-29(38)41-23-17-15-16-21(27(36)32-23)31-28(37)26(39-5)25(35)24(34)22(33)18-19-30(2,3)4/h18-19,21-26,33-35H,6-17,20H2,1-5H3,(H,31,37)(H,32,36)/b19-18+. The molecule has 1 rings (SSSR count). The van der Waals surface area contributed by atoms with E-state index in [-0.39, 0.29) is 18.4 Å². The highest BCUT2D eigenvalue weighted by Crippen LogP contribution is 2.18. The van der Waals surface area contributed by atoms with Crippen molar-refractivity contribution < 1.29 is 43.9 Å². The molecule has 11 nitrogen and oxygen atoms in total. The maximum atomic E-state index is 12.8. The van der Waals surface area contributed by atoms with Crippen LogP contribution in [0.5, 0.6) is 0 Å². The lowest BCUT2D eigenvalue weighted by atomic mass is 9.94. The van der Waals surface area contributed by atoms with Crippen LogP contribution in [0.15, 0.2) is 12.2 Å². The lowest BCUT2D eigenvalue weighted by Crippen LogP contribution is -2.56. The quantitative estimate of drug-likeness (QED) is 0.0919. The lowest BCUT2D eigenvalue weighted by Gasteiger charge is -2.28. The van der Waals surface area contributed by atoms with Crippen molar-refractivity contribution in [2.24, 2.45) is 5.41 Å². The van der Waals surface area contributed by atoms with Gasteiger partial charge in [-0.05, 0) is 24.7 Å². The molecule has 1 aliphatic rings. The molecule has 11 heteroatoms. The summed E-state index contributed by atoms with van der Waals surface area (Å²) in [6.07, 6.45) is 6.23. The second-order valence-corrected chi connectivity index (χ2v) is 11.9. The van der Waals surface area contributed by atoms with Gasteiger partial charge in [-0.3, -0.25) is 9.59 Å². The van der Waals surface area contributed by atoms with Gasteiger partial charge in [0.05, 0.1) is 6.61 Å². The summed E-state index contributed by atoms with van der Waals surface area (Å²) in [5.41, 5.74) is -0.262. The van der Waals surface area contributed by atoms with Crippen molar-refractivity contribution in [1.82, 2.24) is 10.6 Å². The molecule has 0 bridgehead atoms. The summed E-state index contributed by atoms with van der Waals surface area (Å²) in [7, 11) is 1.18. The van der Waals surface area contributed by atoms with Gasteiger partial charge in [-0.25, -0.2) is 4.79 Å². The van der Waals surface area contributed by atoms with Crippen LogP contribution in [0.25, 0.3) is 0 Å². The predicted molar refractivity (Wildman–Crippen MR) is 155 cm³/mol. The van der Waals surface area contributed by atoms with E-state index in [2.05, 4.69) is 17.6 Å². The molecule has 1 saturated heterocycles. The molecule has 0 spiro atoms. The van der Waals surface area contributed by atoms with Crippen LogP contribution in [0.1, 0.15) is 105 Å². The average molecular weight is 587 g/mol. The summed E-state index contributed by atoms with van der Waals surface area (Å²) in [6.45, 7) is 8.16. The van der Waals surface area contributed by atoms with Crippen LogP contribution in [0.3, 0.4) is 0 Å². The van der Waals surface area contributed by atoms with Gasteiger partial charge in [0.2, 0.25) is 5.91 Å². The van der Waals surface area contributed by atoms with Crippen LogP contribution in [-0.2, 0) is 23.8 Å². The first-order valence-corrected chi connectivity index (χ1v) is 15.1. The molecule has 6 unspecified atom stereocenters. The molecule has 1 heterocycles. The summed E-state index contributed by atoms with van der Waals surface area (Å²) in [5.74, 6) is -1.39. The zero-order valence-electron chi connectivity index (χ0n) is 25.6. The zero-order valence-corrected chi connectivity index (χ0v) is 25.6. The summed E-state index contributed by atoms with van der Waals surface area (Å²) in [6, 6.07) is -0.971. The number of methoxy groups -OCH3 is 1. The van der Waals surface area contributed by atoms with E-state index in [1.165, 1.54) is 51.7 Å². The van der Waals surface area contributed by atoms with E-state index in [0.29, 0.717) is 12.8 Å². The van der Waals surface area contributed by atoms with Crippen LogP contribution >= 0.6 is 0 Å². The van der Waals surface area contributed by atoms with Gasteiger partial charge >= 0.3 is 6.16 Å². The van der Waals surface area contributed by atoms with Gasteiger partial charge in [-0.15, -0.1) is 0 Å². The van der Waals surface area contributed by atoms with Gasteiger partial charge in [0, 0.05) is 13.5 Å². The third-order valence-corrected chi connectivity index (χ3v) is 6.92. The molecule has 0 aromatic rings. The van der Waals surface area contributed by atoms with E-state index in [1.54, 1.807) is 6.08 Å². The summed E-state index contributed by atoms with van der Waals surface area (Å²) in [5, 5.41) is 36.2. The number of hydrogen-bond acceptors (Lipinski definition) is 9. The van der Waals surface area contributed by atoms with Crippen molar-refractivity contribution in [2.45, 2.75) is 141 Å². The molecule has 0 aromatic heterocycles. The molecule has 41 heavy (non-hydrogen) atoms. The summed E-state index contributed by atoms with van der Waals surface area (Å²) >= 11 is 0. The number of aliphatic hydroxyl groups is 3. The van der Waals surface area contributed by atoms with E-state index in [0.717, 1.165) is 19.3 Å². The molecule has 1 aliphatic heterocycles. The number of ether oxygens (including phenoxy) is 3. The third kappa shape index (κ3) is 15.6. The first-order valence-electron chi connectivity index (χ1n) is 15.1. The van der Waals surface area contributed by atoms with E-state index in [1.807, 2.05) is 20.8 Å². The molecule has 1 fully saturated rings. The van der Waals surface area contributed by atoms with E-state index < -0.39 is 54.7 Å². The predicted octanol–water partition coefficient (Wildman–Crippen LogP) is 3.48. The molecule has 238 valence electrons. The van der Waals surface area contributed by atoms with Crippen LogP contribution in [-0.4, -0.2) is 83.7 Å². The Morgan fingerprint density at radius 1 is 1.00 bits per heavy atom. The number of aliphatic hydroxyl groups excluding tert-OH is 3. The average Bonchev–Trinajstić information content (AvgIpc) is 3.07. The Kier molecular flexibility index (Phi) is 17.8. The number of hydrogen-bond donors (Lipinski definition) is 5. The fourth-order valence-corrected chi connectivity index (χ4v) is 4.45. The van der Waals surface area contributed by atoms with Gasteiger partial charge in [0.15, 0.2) is 12.3 Å². The molecular formula is C30H54N2O9. The van der Waals surface area contributed by atoms with Gasteiger partial charge in [-0.2, -0.15) is 0 Å². The fraction of sp³-hybridized carbons (Fsp3) is 0.833. The van der Waals surface area contributed by atoms with Gasteiger partial charge in [-0.1, -0.05) is 91.2 Å². The minimum atomic E-state index is -1.76. The number of unbranched alkanes of at least 4 members (excludes halogenated alkanes) is 8. The number of rotatable bonds is 18. The first-order chi connectivity index (χ1) is 19.4. The van der Waals surface area contributed by atoms with Gasteiger partial charge in [0.1, 0.15) is 24.4 Å². The monoisotopic (exact) mass is 586 g/mol. The maximum Gasteiger partial charge on any atom is 0.510 e. The SMILES string of the molecule is CCCCCCCCCCCOC(=O)OC1CCCC(NC(=O)C(OC)C(O)C(O)C(O)/C=C/C(C)(C)C)C(=O)N1. The van der Waals surface area contributed by atoms with Crippen LogP contribution in [0.2, 0.25) is 0 Å². The molecule has 5 N–H and O–H groups in total. The Bertz CT molecular complexity index is 799. The molecule has 0 aromatic carbocycles. The van der Waals surface area contributed by atoms with Gasteiger partial charge < -0.3 is 40.2 Å². The molecule has 0 saturated carbocycles. The van der Waals surface area contributed by atoms with Crippen LogP contribution in [0.4, 0.5) is 4.79 Å². The van der Waals surface area contributed by atoms with Crippen molar-refractivity contribution >= 4 is 18.0 Å². The van der Waals surface area contributed by atoms with Crippen molar-refractivity contribution in [3.8, 4) is 0 Å². The second kappa shape index (κ2) is 19.8. The number of allylic oxidation sites excluding steroid dienone is 1. The fourth-order valence-electron chi connectivity index (χ4n) is 4.45. The maximum absolute atomic E-state index is 12.8. The molecule has 0 radical (unpaired) electrons. The third-order valence-electron chi connectivity index (χ3n) is 6.92. The largest absolute Gasteiger partial charge is 0.510 e. The first kappa shape index (κ1) is 36.8. The Hall–Kier alpha value is -2.21. The zero-order chi connectivity index (χ0) is 30.8. The number of amides is 2. The highest BCUT2D eigenvalue weighted by Gasteiger charge is 2.37. The second-order valence-electron chi connectivity index (χ2n) is 11.9. The molecular weight excluding hydrogens is 532 g/mol. The summed E-state index contributed by atoms with van der Waals surface area (Å²) < 4.78 is 15.5. The Balaban J connectivity index is 2.45.